The van der Waals surface area contributed by atoms with Crippen molar-refractivity contribution >= 4 is 29.1 Å². The minimum absolute atomic E-state index is 0.115. The summed E-state index contributed by atoms with van der Waals surface area (Å²) in [5.41, 5.74) is 9.37. The monoisotopic (exact) mass is 277 g/mol. The van der Waals surface area contributed by atoms with Gasteiger partial charge in [0, 0.05) is 5.69 Å². The van der Waals surface area contributed by atoms with E-state index >= 15 is 0 Å². The van der Waals surface area contributed by atoms with Gasteiger partial charge < -0.3 is 5.73 Å². The molecule has 1 heterocycles. The maximum Gasteiger partial charge on any atom is 0.280 e. The van der Waals surface area contributed by atoms with Gasteiger partial charge in [0.2, 0.25) is 0 Å². The first-order chi connectivity index (χ1) is 10.1. The van der Waals surface area contributed by atoms with Gasteiger partial charge in [-0.25, -0.2) is 0 Å². The fourth-order valence-electron chi connectivity index (χ4n) is 2.19. The Morgan fingerprint density at radius 1 is 1.05 bits per heavy atom. The highest BCUT2D eigenvalue weighted by atomic mass is 16.2. The molecule has 0 saturated heterocycles. The lowest BCUT2D eigenvalue weighted by Gasteiger charge is -2.11. The number of hydrazone groups is 1. The molecule has 104 valence electrons. The first-order valence-electron chi connectivity index (χ1n) is 6.67. The largest absolute Gasteiger partial charge is 0.399 e. The second-order valence-corrected chi connectivity index (χ2v) is 4.86. The molecule has 0 saturated carbocycles. The van der Waals surface area contributed by atoms with Crippen molar-refractivity contribution in [3.8, 4) is 0 Å². The van der Waals surface area contributed by atoms with E-state index in [4.69, 9.17) is 5.73 Å². The van der Waals surface area contributed by atoms with E-state index in [0.717, 1.165) is 11.3 Å². The number of hydrogen-bond acceptors (Lipinski definition) is 3. The normalized spacial score (nSPS) is 16.4. The Hall–Kier alpha value is -2.88. The van der Waals surface area contributed by atoms with E-state index in [0.29, 0.717) is 17.0 Å². The SMILES string of the molecule is CC1=NN(c2ccccc2)C(=O)/C1=C/c1ccc(N)cc1. The minimum atomic E-state index is -0.115. The summed E-state index contributed by atoms with van der Waals surface area (Å²) in [4.78, 5) is 12.5. The zero-order valence-corrected chi connectivity index (χ0v) is 11.7. The minimum Gasteiger partial charge on any atom is -0.399 e. The summed E-state index contributed by atoms with van der Waals surface area (Å²) < 4.78 is 0. The molecule has 0 fully saturated rings. The summed E-state index contributed by atoms with van der Waals surface area (Å²) in [6.45, 7) is 1.84. The summed E-state index contributed by atoms with van der Waals surface area (Å²) in [6, 6.07) is 16.8. The number of anilines is 2. The molecule has 4 nitrogen and oxygen atoms in total. The Balaban J connectivity index is 1.94. The quantitative estimate of drug-likeness (QED) is 0.677. The van der Waals surface area contributed by atoms with Gasteiger partial charge in [-0.1, -0.05) is 30.3 Å². The highest BCUT2D eigenvalue weighted by molar-refractivity contribution is 6.32. The van der Waals surface area contributed by atoms with Gasteiger partial charge in [-0.05, 0) is 42.8 Å². The van der Waals surface area contributed by atoms with Crippen molar-refractivity contribution in [3.05, 3.63) is 65.7 Å². The predicted molar refractivity (Wildman–Crippen MR) is 85.9 cm³/mol. The molecular weight excluding hydrogens is 262 g/mol. The second kappa shape index (κ2) is 5.25. The number of nitrogen functional groups attached to an aromatic ring is 1. The molecule has 21 heavy (non-hydrogen) atoms. The van der Waals surface area contributed by atoms with Gasteiger partial charge in [0.05, 0.1) is 17.0 Å². The van der Waals surface area contributed by atoms with Gasteiger partial charge in [-0.2, -0.15) is 10.1 Å². The number of amides is 1. The standard InChI is InChI=1S/C17H15N3O/c1-12-16(11-13-7-9-14(18)10-8-13)17(21)20(19-12)15-5-3-2-4-6-15/h2-11H,18H2,1H3/b16-11+. The van der Waals surface area contributed by atoms with E-state index in [9.17, 15) is 4.79 Å². The van der Waals surface area contributed by atoms with Crippen molar-refractivity contribution < 1.29 is 4.79 Å². The molecule has 3 rings (SSSR count). The number of nitrogens with zero attached hydrogens (tertiary/aromatic N) is 2. The first kappa shape index (κ1) is 13.1. The van der Waals surface area contributed by atoms with Gasteiger partial charge in [-0.3, -0.25) is 4.79 Å². The highest BCUT2D eigenvalue weighted by Crippen LogP contribution is 2.24. The molecule has 0 aliphatic carbocycles. The van der Waals surface area contributed by atoms with E-state index < -0.39 is 0 Å². The Labute approximate surface area is 123 Å². The van der Waals surface area contributed by atoms with Crippen LogP contribution in [0.15, 0.2) is 65.3 Å². The van der Waals surface area contributed by atoms with Crippen molar-refractivity contribution in [1.82, 2.24) is 0 Å². The molecule has 1 aliphatic heterocycles. The topological polar surface area (TPSA) is 58.7 Å². The molecule has 0 unspecified atom stereocenters. The average molecular weight is 277 g/mol. The van der Waals surface area contributed by atoms with Crippen molar-refractivity contribution in [3.63, 3.8) is 0 Å². The lowest BCUT2D eigenvalue weighted by atomic mass is 10.1. The molecule has 1 aliphatic rings. The molecule has 0 atom stereocenters. The third kappa shape index (κ3) is 2.56. The number of nitrogens with two attached hydrogens (primary N) is 1. The van der Waals surface area contributed by atoms with Crippen molar-refractivity contribution in [2.45, 2.75) is 6.92 Å². The Morgan fingerprint density at radius 2 is 1.71 bits per heavy atom. The average Bonchev–Trinajstić information content (AvgIpc) is 2.78. The number of benzene rings is 2. The lowest BCUT2D eigenvalue weighted by Crippen LogP contribution is -2.21. The zero-order valence-electron chi connectivity index (χ0n) is 11.7. The molecule has 2 N–H and O–H groups in total. The van der Waals surface area contributed by atoms with Crippen LogP contribution in [0.2, 0.25) is 0 Å². The van der Waals surface area contributed by atoms with Crippen LogP contribution in [0.25, 0.3) is 6.08 Å². The first-order valence-corrected chi connectivity index (χ1v) is 6.67. The molecule has 0 aromatic heterocycles. The maximum absolute atomic E-state index is 12.5. The molecule has 4 heteroatoms. The summed E-state index contributed by atoms with van der Waals surface area (Å²) in [5.74, 6) is -0.115. The summed E-state index contributed by atoms with van der Waals surface area (Å²) >= 11 is 0. The van der Waals surface area contributed by atoms with E-state index in [-0.39, 0.29) is 5.91 Å². The summed E-state index contributed by atoms with van der Waals surface area (Å²) in [5, 5.41) is 5.77. The van der Waals surface area contributed by atoms with Gasteiger partial charge in [-0.15, -0.1) is 0 Å². The molecular formula is C17H15N3O. The number of carbonyl (C=O) groups excluding carboxylic acids is 1. The van der Waals surface area contributed by atoms with Crippen LogP contribution in [0.4, 0.5) is 11.4 Å². The van der Waals surface area contributed by atoms with E-state index in [1.807, 2.05) is 67.6 Å². The number of para-hydroxylation sites is 1. The molecule has 2 aromatic rings. The Morgan fingerprint density at radius 3 is 2.38 bits per heavy atom. The van der Waals surface area contributed by atoms with Crippen LogP contribution in [0.3, 0.4) is 0 Å². The number of carbonyl (C=O) groups is 1. The molecule has 2 aromatic carbocycles. The summed E-state index contributed by atoms with van der Waals surface area (Å²) in [7, 11) is 0. The van der Waals surface area contributed by atoms with Crippen LogP contribution in [0, 0.1) is 0 Å². The third-order valence-electron chi connectivity index (χ3n) is 3.31. The number of hydrogen-bond donors (Lipinski definition) is 1. The smallest absolute Gasteiger partial charge is 0.280 e. The third-order valence-corrected chi connectivity index (χ3v) is 3.31. The van der Waals surface area contributed by atoms with Gasteiger partial charge in [0.1, 0.15) is 0 Å². The van der Waals surface area contributed by atoms with E-state index in [2.05, 4.69) is 5.10 Å². The van der Waals surface area contributed by atoms with Crippen LogP contribution in [-0.4, -0.2) is 11.6 Å². The Bertz CT molecular complexity index is 730. The highest BCUT2D eigenvalue weighted by Gasteiger charge is 2.28. The van der Waals surface area contributed by atoms with Crippen LogP contribution in [-0.2, 0) is 4.79 Å². The fraction of sp³-hybridized carbons (Fsp3) is 0.0588. The van der Waals surface area contributed by atoms with Crippen LogP contribution in [0.1, 0.15) is 12.5 Å². The fourth-order valence-corrected chi connectivity index (χ4v) is 2.19. The van der Waals surface area contributed by atoms with E-state index in [1.54, 1.807) is 0 Å². The zero-order chi connectivity index (χ0) is 14.8. The van der Waals surface area contributed by atoms with E-state index in [1.165, 1.54) is 5.01 Å². The molecule has 1 amide bonds. The second-order valence-electron chi connectivity index (χ2n) is 4.86. The van der Waals surface area contributed by atoms with Crippen LogP contribution >= 0.6 is 0 Å². The Kier molecular flexibility index (Phi) is 3.28. The molecule has 0 radical (unpaired) electrons. The van der Waals surface area contributed by atoms with Crippen LogP contribution in [0.5, 0.6) is 0 Å². The molecule has 0 bridgehead atoms. The predicted octanol–water partition coefficient (Wildman–Crippen LogP) is 3.07. The van der Waals surface area contributed by atoms with Gasteiger partial charge in [0.15, 0.2) is 0 Å². The number of rotatable bonds is 2. The van der Waals surface area contributed by atoms with Gasteiger partial charge in [0.25, 0.3) is 5.91 Å². The van der Waals surface area contributed by atoms with Crippen molar-refractivity contribution in [2.75, 3.05) is 10.7 Å². The lowest BCUT2D eigenvalue weighted by molar-refractivity contribution is -0.114. The summed E-state index contributed by atoms with van der Waals surface area (Å²) in [6.07, 6.45) is 1.84. The maximum atomic E-state index is 12.5. The van der Waals surface area contributed by atoms with Crippen LogP contribution < -0.4 is 10.7 Å². The van der Waals surface area contributed by atoms with Crippen molar-refractivity contribution in [2.24, 2.45) is 5.10 Å². The molecule has 0 spiro atoms. The van der Waals surface area contributed by atoms with Gasteiger partial charge >= 0.3 is 0 Å². The van der Waals surface area contributed by atoms with Crippen molar-refractivity contribution in [1.29, 1.82) is 0 Å².